The van der Waals surface area contributed by atoms with Crippen molar-refractivity contribution in [3.05, 3.63) is 29.8 Å². The molecule has 5 nitrogen and oxygen atoms in total. The van der Waals surface area contributed by atoms with E-state index in [1.165, 1.54) is 24.3 Å². The first-order valence-corrected chi connectivity index (χ1v) is 6.82. The number of aliphatic hydroxyl groups excluding tert-OH is 1. The smallest absolute Gasteiger partial charge is 0.406 e. The molecule has 1 aliphatic rings. The van der Waals surface area contributed by atoms with Crippen LogP contribution in [0.2, 0.25) is 0 Å². The van der Waals surface area contributed by atoms with Gasteiger partial charge in [0.25, 0.3) is 0 Å². The van der Waals surface area contributed by atoms with Gasteiger partial charge in [-0.2, -0.15) is 0 Å². The third-order valence-corrected chi connectivity index (χ3v) is 3.40. The van der Waals surface area contributed by atoms with Crippen molar-refractivity contribution >= 4 is 5.91 Å². The van der Waals surface area contributed by atoms with Crippen LogP contribution in [-0.2, 0) is 4.79 Å². The summed E-state index contributed by atoms with van der Waals surface area (Å²) in [4.78, 5) is 12.0. The summed E-state index contributed by atoms with van der Waals surface area (Å²) in [6.45, 7) is 2.10. The molecular weight excluding hydrogens is 301 g/mol. The molecule has 1 aliphatic heterocycles. The van der Waals surface area contributed by atoms with Crippen LogP contribution in [0.1, 0.15) is 24.9 Å². The van der Waals surface area contributed by atoms with Crippen LogP contribution in [0.15, 0.2) is 24.3 Å². The molecular formula is C14H17F3N2O3. The second kappa shape index (κ2) is 6.53. The second-order valence-electron chi connectivity index (χ2n) is 5.20. The van der Waals surface area contributed by atoms with Crippen LogP contribution < -0.4 is 15.4 Å². The fraction of sp³-hybridized carbons (Fsp3) is 0.500. The summed E-state index contributed by atoms with van der Waals surface area (Å²) < 4.78 is 40.0. The average Bonchev–Trinajstić information content (AvgIpc) is 2.84. The fourth-order valence-corrected chi connectivity index (χ4v) is 2.27. The molecule has 0 bridgehead atoms. The maximum atomic E-state index is 12.1. The quantitative estimate of drug-likeness (QED) is 0.786. The van der Waals surface area contributed by atoms with Crippen molar-refractivity contribution in [3.8, 4) is 5.75 Å². The lowest BCUT2D eigenvalue weighted by Crippen LogP contribution is -2.41. The number of alkyl halides is 3. The Labute approximate surface area is 125 Å². The Bertz CT molecular complexity index is 519. The van der Waals surface area contributed by atoms with Gasteiger partial charge in [-0.25, -0.2) is 0 Å². The number of ether oxygens (including phenoxy) is 1. The van der Waals surface area contributed by atoms with Gasteiger partial charge in [-0.05, 0) is 31.0 Å². The normalized spacial score (nSPS) is 23.1. The summed E-state index contributed by atoms with van der Waals surface area (Å²) in [5, 5.41) is 15.0. The first-order valence-electron chi connectivity index (χ1n) is 6.82. The Kier molecular flexibility index (Phi) is 4.92. The van der Waals surface area contributed by atoms with Gasteiger partial charge in [0.15, 0.2) is 0 Å². The Balaban J connectivity index is 1.92. The molecule has 1 amide bonds. The van der Waals surface area contributed by atoms with E-state index >= 15 is 0 Å². The van der Waals surface area contributed by atoms with Crippen LogP contribution in [0.4, 0.5) is 13.2 Å². The number of carbonyl (C=O) groups excluding carboxylic acids is 1. The first kappa shape index (κ1) is 16.6. The first-order chi connectivity index (χ1) is 10.2. The topological polar surface area (TPSA) is 70.6 Å². The molecule has 0 unspecified atom stereocenters. The van der Waals surface area contributed by atoms with Gasteiger partial charge in [0, 0.05) is 6.54 Å². The Morgan fingerprint density at radius 3 is 2.55 bits per heavy atom. The van der Waals surface area contributed by atoms with Gasteiger partial charge in [0.1, 0.15) is 5.75 Å². The number of amides is 1. The van der Waals surface area contributed by atoms with Crippen LogP contribution in [0.25, 0.3) is 0 Å². The highest BCUT2D eigenvalue weighted by molar-refractivity contribution is 5.82. The van der Waals surface area contributed by atoms with Crippen LogP contribution in [0.5, 0.6) is 5.75 Å². The van der Waals surface area contributed by atoms with Gasteiger partial charge in [-0.3, -0.25) is 4.79 Å². The van der Waals surface area contributed by atoms with Gasteiger partial charge < -0.3 is 20.5 Å². The molecule has 1 saturated heterocycles. The van der Waals surface area contributed by atoms with Crippen molar-refractivity contribution in [1.29, 1.82) is 0 Å². The van der Waals surface area contributed by atoms with E-state index in [1.807, 2.05) is 0 Å². The number of carbonyl (C=O) groups is 1. The average molecular weight is 318 g/mol. The van der Waals surface area contributed by atoms with E-state index < -0.39 is 18.5 Å². The second-order valence-corrected chi connectivity index (χ2v) is 5.20. The van der Waals surface area contributed by atoms with E-state index in [0.717, 1.165) is 0 Å². The largest absolute Gasteiger partial charge is 0.573 e. The van der Waals surface area contributed by atoms with Crippen molar-refractivity contribution in [2.75, 3.05) is 6.54 Å². The summed E-state index contributed by atoms with van der Waals surface area (Å²) in [5.74, 6) is -0.560. The van der Waals surface area contributed by atoms with E-state index in [9.17, 15) is 23.1 Å². The van der Waals surface area contributed by atoms with Crippen molar-refractivity contribution in [2.45, 2.75) is 37.9 Å². The predicted octanol–water partition coefficient (Wildman–Crippen LogP) is 1.49. The van der Waals surface area contributed by atoms with E-state index in [2.05, 4.69) is 15.4 Å². The number of halogens is 3. The van der Waals surface area contributed by atoms with Gasteiger partial charge in [0.2, 0.25) is 5.91 Å². The molecule has 1 aromatic rings. The predicted molar refractivity (Wildman–Crippen MR) is 72.1 cm³/mol. The minimum atomic E-state index is -4.73. The summed E-state index contributed by atoms with van der Waals surface area (Å²) in [7, 11) is 0. The number of aliphatic hydroxyl groups is 1. The maximum absolute atomic E-state index is 12.1. The maximum Gasteiger partial charge on any atom is 0.573 e. The summed E-state index contributed by atoms with van der Waals surface area (Å²) >= 11 is 0. The summed E-state index contributed by atoms with van der Waals surface area (Å²) in [6, 6.07) is 4.50. The molecule has 0 saturated carbocycles. The van der Waals surface area contributed by atoms with Crippen molar-refractivity contribution in [3.63, 3.8) is 0 Å². The molecule has 0 spiro atoms. The highest BCUT2D eigenvalue weighted by Crippen LogP contribution is 2.24. The van der Waals surface area contributed by atoms with E-state index in [-0.39, 0.29) is 17.7 Å². The van der Waals surface area contributed by atoms with Crippen LogP contribution in [0, 0.1) is 0 Å². The Morgan fingerprint density at radius 2 is 2.05 bits per heavy atom. The Hall–Kier alpha value is -1.80. The van der Waals surface area contributed by atoms with Gasteiger partial charge in [0.05, 0.1) is 18.2 Å². The number of nitrogens with one attached hydrogen (secondary N) is 2. The van der Waals surface area contributed by atoms with E-state index in [0.29, 0.717) is 18.5 Å². The fourth-order valence-electron chi connectivity index (χ4n) is 2.27. The van der Waals surface area contributed by atoms with Crippen molar-refractivity contribution in [1.82, 2.24) is 10.6 Å². The zero-order valence-electron chi connectivity index (χ0n) is 11.9. The molecule has 0 aromatic heterocycles. The van der Waals surface area contributed by atoms with Gasteiger partial charge >= 0.3 is 6.36 Å². The lowest BCUT2D eigenvalue weighted by atomic mass is 10.1. The van der Waals surface area contributed by atoms with E-state index in [1.54, 1.807) is 6.92 Å². The highest BCUT2D eigenvalue weighted by atomic mass is 19.4. The number of rotatable bonds is 4. The monoisotopic (exact) mass is 318 g/mol. The minimum absolute atomic E-state index is 0.250. The molecule has 2 rings (SSSR count). The lowest BCUT2D eigenvalue weighted by molar-refractivity contribution is -0.274. The molecule has 3 N–H and O–H groups in total. The number of hydrogen-bond acceptors (Lipinski definition) is 4. The van der Waals surface area contributed by atoms with Gasteiger partial charge in [-0.1, -0.05) is 12.1 Å². The van der Waals surface area contributed by atoms with Crippen LogP contribution in [-0.4, -0.2) is 36.1 Å². The number of hydrogen-bond donors (Lipinski definition) is 3. The van der Waals surface area contributed by atoms with Crippen molar-refractivity contribution < 1.29 is 27.8 Å². The zero-order valence-corrected chi connectivity index (χ0v) is 11.9. The van der Waals surface area contributed by atoms with E-state index in [4.69, 9.17) is 0 Å². The lowest BCUT2D eigenvalue weighted by Gasteiger charge is -2.18. The summed E-state index contributed by atoms with van der Waals surface area (Å²) in [5.41, 5.74) is 0.654. The standard InChI is InChI=1S/C14H17F3N2O3/c1-8(19-13(21)12-6-10(20)7-18-12)9-2-4-11(5-3-9)22-14(15,16)17/h2-5,8,10,12,18,20H,6-7H2,1H3,(H,19,21)/t8-,10+,12-/m0/s1. The van der Waals surface area contributed by atoms with Crippen molar-refractivity contribution in [2.24, 2.45) is 0 Å². The number of β-amino-alcohol motifs (C(OH)–C–C–N with tert-alkyl or cyclic N) is 1. The summed E-state index contributed by atoms with van der Waals surface area (Å²) in [6.07, 6.45) is -4.92. The molecule has 1 heterocycles. The SMILES string of the molecule is C[C@H](NC(=O)[C@@H]1C[C@@H](O)CN1)c1ccc(OC(F)(F)F)cc1. The Morgan fingerprint density at radius 1 is 1.41 bits per heavy atom. The number of benzene rings is 1. The third-order valence-electron chi connectivity index (χ3n) is 3.40. The molecule has 0 radical (unpaired) electrons. The highest BCUT2D eigenvalue weighted by Gasteiger charge is 2.31. The molecule has 8 heteroatoms. The molecule has 122 valence electrons. The van der Waals surface area contributed by atoms with Crippen LogP contribution in [0.3, 0.4) is 0 Å². The molecule has 0 aliphatic carbocycles. The zero-order chi connectivity index (χ0) is 16.3. The minimum Gasteiger partial charge on any atom is -0.406 e. The molecule has 22 heavy (non-hydrogen) atoms. The van der Waals surface area contributed by atoms with Gasteiger partial charge in [-0.15, -0.1) is 13.2 Å². The molecule has 3 atom stereocenters. The molecule has 1 aromatic carbocycles. The molecule has 1 fully saturated rings. The van der Waals surface area contributed by atoms with Crippen LogP contribution >= 0.6 is 0 Å². The third kappa shape index (κ3) is 4.60.